The molecule has 256 valence electrons. The fraction of sp³-hybridized carbons (Fsp3) is 0.971. The summed E-state index contributed by atoms with van der Waals surface area (Å²) in [5, 5.41) is 6.38. The summed E-state index contributed by atoms with van der Waals surface area (Å²) in [5.41, 5.74) is 0.748. The molecule has 0 saturated heterocycles. The van der Waals surface area contributed by atoms with Crippen LogP contribution in [0.25, 0.3) is 0 Å². The molecular weight excluding hydrogens is 548 g/mol. The predicted molar refractivity (Wildman–Crippen MR) is 198 cm³/mol. The summed E-state index contributed by atoms with van der Waals surface area (Å²) < 4.78 is 0.934. The van der Waals surface area contributed by atoms with Crippen molar-refractivity contribution in [1.29, 1.82) is 0 Å². The second-order valence-electron chi connectivity index (χ2n) is 18.2. The van der Waals surface area contributed by atoms with Crippen LogP contribution in [-0.2, 0) is 4.79 Å². The number of hydrogen-bond acceptors (Lipinski definition) is 4. The van der Waals surface area contributed by atoms with E-state index in [1.165, 1.54) is 11.5 Å². The Kier molecular flexibility index (Phi) is 29.5. The molecule has 0 aliphatic carbocycles. The molecule has 0 heterocycles. The molecule has 0 radical (unpaired) electrons. The first kappa shape index (κ1) is 53.6. The van der Waals surface area contributed by atoms with Gasteiger partial charge in [0, 0.05) is 32.5 Å². The Morgan fingerprint density at radius 1 is 0.537 bits per heavy atom. The third-order valence-corrected chi connectivity index (χ3v) is 5.78. The van der Waals surface area contributed by atoms with Crippen LogP contribution < -0.4 is 10.6 Å². The molecule has 0 atom stereocenters. The average Bonchev–Trinajstić information content (AvgIpc) is 2.54. The second-order valence-corrected chi connectivity index (χ2v) is 22.4. The zero-order valence-electron chi connectivity index (χ0n) is 32.8. The van der Waals surface area contributed by atoms with E-state index in [0.29, 0.717) is 20.3 Å². The van der Waals surface area contributed by atoms with Gasteiger partial charge in [-0.3, -0.25) is 9.50 Å². The highest BCUT2D eigenvalue weighted by molar-refractivity contribution is 8.00. The predicted octanol–water partition coefficient (Wildman–Crippen LogP) is 11.6. The van der Waals surface area contributed by atoms with Crippen molar-refractivity contribution in [2.24, 2.45) is 16.2 Å². The Balaban J connectivity index is -0.0000000952. The number of nitrogens with one attached hydrogen (secondary N) is 2. The van der Waals surface area contributed by atoms with Gasteiger partial charge in [-0.15, -0.1) is 0 Å². The van der Waals surface area contributed by atoms with Crippen molar-refractivity contribution in [3.8, 4) is 0 Å². The lowest BCUT2D eigenvalue weighted by Gasteiger charge is -2.27. The van der Waals surface area contributed by atoms with Crippen molar-refractivity contribution in [1.82, 2.24) is 10.6 Å². The topological polar surface area (TPSA) is 41.1 Å². The van der Waals surface area contributed by atoms with E-state index in [2.05, 4.69) is 135 Å². The van der Waals surface area contributed by atoms with Crippen molar-refractivity contribution in [2.45, 2.75) is 187 Å². The number of carbonyl (C=O) groups is 1. The van der Waals surface area contributed by atoms with Crippen molar-refractivity contribution in [3.63, 3.8) is 0 Å². The van der Waals surface area contributed by atoms with Crippen LogP contribution in [0, 0.1) is 16.2 Å². The molecule has 3 nitrogen and oxygen atoms in total. The minimum Gasteiger partial charge on any atom is -0.351 e. The first-order chi connectivity index (χ1) is 17.0. The van der Waals surface area contributed by atoms with Crippen molar-refractivity contribution < 1.29 is 9.50 Å². The normalized spacial score (nSPS) is 12.4. The summed E-state index contributed by atoms with van der Waals surface area (Å²) in [5.74, 6) is 2.55. The molecule has 0 spiro atoms. The molecule has 2 N–H and O–H groups in total. The standard InChI is InChI=1S/C9H19NO.C9H21N.2C6H14S.C5H12.FH/c1-8(2,3)7(11)10-9(4,5)6;1-8(2,3)7-10-9(4,5)6;2*1-5-7-6(2,3)4;1-5(2,3)4;/h1-6H3,(H,10,11);10H,7H2,1-6H3;2*5H2,1-4H3;1-4H3;1H. The van der Waals surface area contributed by atoms with Gasteiger partial charge in [-0.05, 0) is 63.9 Å². The van der Waals surface area contributed by atoms with Crippen LogP contribution in [0.3, 0.4) is 0 Å². The highest BCUT2D eigenvalue weighted by Crippen LogP contribution is 2.22. The molecule has 1 amide bonds. The van der Waals surface area contributed by atoms with Gasteiger partial charge < -0.3 is 10.6 Å². The van der Waals surface area contributed by atoms with Gasteiger partial charge in [0.05, 0.1) is 0 Å². The maximum atomic E-state index is 11.4. The van der Waals surface area contributed by atoms with Crippen LogP contribution in [0.4, 0.5) is 4.70 Å². The summed E-state index contributed by atoms with van der Waals surface area (Å²) in [6, 6.07) is 0. The van der Waals surface area contributed by atoms with Gasteiger partial charge >= 0.3 is 0 Å². The van der Waals surface area contributed by atoms with E-state index < -0.39 is 0 Å². The molecule has 0 aromatic carbocycles. The quantitative estimate of drug-likeness (QED) is 0.326. The van der Waals surface area contributed by atoms with Gasteiger partial charge in [-0.1, -0.05) is 125 Å². The van der Waals surface area contributed by atoms with E-state index in [0.717, 1.165) is 6.54 Å². The number of amides is 1. The molecular formula is C35H81FN2OS2. The molecule has 0 unspecified atom stereocenters. The van der Waals surface area contributed by atoms with E-state index in [1.807, 2.05) is 65.1 Å². The Hall–Kier alpha value is 0.0600. The molecule has 0 aliphatic heterocycles. The second kappa shape index (κ2) is 22.6. The maximum Gasteiger partial charge on any atom is 0.225 e. The third kappa shape index (κ3) is 85.4. The minimum atomic E-state index is -0.284. The maximum absolute atomic E-state index is 11.4. The molecule has 0 bridgehead atoms. The van der Waals surface area contributed by atoms with E-state index in [4.69, 9.17) is 0 Å². The smallest absolute Gasteiger partial charge is 0.225 e. The van der Waals surface area contributed by atoms with Gasteiger partial charge in [-0.25, -0.2) is 0 Å². The lowest BCUT2D eigenvalue weighted by atomic mass is 9.94. The first-order valence-electron chi connectivity index (χ1n) is 15.3. The highest BCUT2D eigenvalue weighted by Gasteiger charge is 2.24. The largest absolute Gasteiger partial charge is 0.351 e. The fourth-order valence-corrected chi connectivity index (χ4v) is 3.66. The number of carbonyl (C=O) groups excluding carboxylic acids is 1. The molecule has 0 aliphatic rings. The Morgan fingerprint density at radius 3 is 0.854 bits per heavy atom. The Labute approximate surface area is 269 Å². The lowest BCUT2D eigenvalue weighted by molar-refractivity contribution is -0.130. The summed E-state index contributed by atoms with van der Waals surface area (Å²) in [6.07, 6.45) is 0. The van der Waals surface area contributed by atoms with Crippen LogP contribution in [0.1, 0.15) is 166 Å². The van der Waals surface area contributed by atoms with Crippen molar-refractivity contribution >= 4 is 29.4 Å². The molecule has 0 fully saturated rings. The summed E-state index contributed by atoms with van der Waals surface area (Å²) in [6.45, 7) is 52.6. The summed E-state index contributed by atoms with van der Waals surface area (Å²) in [4.78, 5) is 11.4. The van der Waals surface area contributed by atoms with Crippen LogP contribution >= 0.6 is 23.5 Å². The number of halogens is 1. The number of rotatable bonds is 3. The Morgan fingerprint density at radius 2 is 0.805 bits per heavy atom. The van der Waals surface area contributed by atoms with Crippen LogP contribution in [0.15, 0.2) is 0 Å². The van der Waals surface area contributed by atoms with Crippen LogP contribution in [-0.4, -0.2) is 44.5 Å². The van der Waals surface area contributed by atoms with E-state index in [9.17, 15) is 4.79 Å². The third-order valence-electron chi connectivity index (χ3n) is 3.47. The SMILES string of the molecule is CC(C)(C)C.CC(C)(C)CNC(C)(C)C.CC(C)(C)NC(=O)C(C)(C)C.CCSC(C)(C)C.CCSC(C)(C)C.F. The molecule has 41 heavy (non-hydrogen) atoms. The van der Waals surface area contributed by atoms with Gasteiger partial charge in [0.1, 0.15) is 0 Å². The van der Waals surface area contributed by atoms with E-state index >= 15 is 0 Å². The van der Waals surface area contributed by atoms with Crippen LogP contribution in [0.2, 0.25) is 0 Å². The van der Waals surface area contributed by atoms with Crippen molar-refractivity contribution in [3.05, 3.63) is 0 Å². The lowest BCUT2D eigenvalue weighted by Crippen LogP contribution is -2.46. The van der Waals surface area contributed by atoms with E-state index in [-0.39, 0.29) is 27.1 Å². The van der Waals surface area contributed by atoms with E-state index in [1.54, 1.807) is 0 Å². The number of thioether (sulfide) groups is 2. The zero-order valence-corrected chi connectivity index (χ0v) is 34.4. The molecule has 0 rings (SSSR count). The zero-order chi connectivity index (χ0) is 34.0. The fourth-order valence-electron chi connectivity index (χ4n) is 1.92. The van der Waals surface area contributed by atoms with Gasteiger partial charge in [-0.2, -0.15) is 23.5 Å². The molecule has 0 aromatic rings. The summed E-state index contributed by atoms with van der Waals surface area (Å²) in [7, 11) is 0. The molecule has 6 heteroatoms. The van der Waals surface area contributed by atoms with Crippen LogP contribution in [0.5, 0.6) is 0 Å². The Bertz CT molecular complexity index is 566. The monoisotopic (exact) mass is 629 g/mol. The number of hydrogen-bond donors (Lipinski definition) is 2. The minimum absolute atomic E-state index is 0. The van der Waals surface area contributed by atoms with Crippen molar-refractivity contribution in [2.75, 3.05) is 18.1 Å². The summed E-state index contributed by atoms with van der Waals surface area (Å²) >= 11 is 3.98. The van der Waals surface area contributed by atoms with Gasteiger partial charge in [0.15, 0.2) is 0 Å². The molecule has 0 aromatic heterocycles. The highest BCUT2D eigenvalue weighted by atomic mass is 32.2. The first-order valence-corrected chi connectivity index (χ1v) is 17.3. The van der Waals surface area contributed by atoms with Gasteiger partial charge in [0.2, 0.25) is 5.91 Å². The average molecular weight is 629 g/mol. The molecule has 0 saturated carbocycles. The van der Waals surface area contributed by atoms with Gasteiger partial charge in [0.25, 0.3) is 0 Å².